The number of carbonyl (C=O) groups is 2. The van der Waals surface area contributed by atoms with Gasteiger partial charge in [-0.3, -0.25) is 9.69 Å². The van der Waals surface area contributed by atoms with E-state index in [0.29, 0.717) is 42.5 Å². The molecule has 0 saturated carbocycles. The van der Waals surface area contributed by atoms with Gasteiger partial charge < -0.3 is 34.2 Å². The van der Waals surface area contributed by atoms with Gasteiger partial charge in [0.15, 0.2) is 11.9 Å². The fourth-order valence-electron chi connectivity index (χ4n) is 5.05. The third-order valence-electron chi connectivity index (χ3n) is 7.21. The second kappa shape index (κ2) is 11.8. The van der Waals surface area contributed by atoms with Crippen molar-refractivity contribution in [2.45, 2.75) is 36.9 Å². The molecule has 224 valence electrons. The molecule has 0 bridgehead atoms. The van der Waals surface area contributed by atoms with Crippen LogP contribution >= 0.6 is 23.4 Å². The Bertz CT molecular complexity index is 1640. The number of carboxylic acid groups (broad SMARTS) is 1. The fourth-order valence-corrected chi connectivity index (χ4v) is 6.36. The van der Waals surface area contributed by atoms with Crippen LogP contribution in [0.25, 0.3) is 10.9 Å². The Balaban J connectivity index is 1.19. The number of hydrogen-bond donors (Lipinski definition) is 1. The molecule has 1 fully saturated rings. The number of pyridine rings is 1. The lowest BCUT2D eigenvalue weighted by Gasteiger charge is -2.36. The summed E-state index contributed by atoms with van der Waals surface area (Å²) in [7, 11) is 0. The average Bonchev–Trinajstić information content (AvgIpc) is 3.31. The molecule has 3 aromatic rings. The first kappa shape index (κ1) is 29.6. The van der Waals surface area contributed by atoms with Crippen molar-refractivity contribution in [1.82, 2.24) is 19.0 Å². The number of carbonyl (C=O) groups excluding carboxylic acids is 1. The molecule has 2 aliphatic rings. The third kappa shape index (κ3) is 5.48. The van der Waals surface area contributed by atoms with Gasteiger partial charge >= 0.3 is 17.9 Å². The highest BCUT2D eigenvalue weighted by atomic mass is 35.5. The van der Waals surface area contributed by atoms with Crippen LogP contribution < -0.4 is 10.3 Å². The molecule has 2 aliphatic heterocycles. The van der Waals surface area contributed by atoms with E-state index in [2.05, 4.69) is 4.98 Å². The minimum atomic E-state index is -1.34. The zero-order chi connectivity index (χ0) is 30.3. The maximum Gasteiger partial charge on any atom is 0.510 e. The highest BCUT2D eigenvalue weighted by Gasteiger charge is 2.34. The molecule has 17 heteroatoms. The number of carboxylic acids is 1. The van der Waals surface area contributed by atoms with Gasteiger partial charge in [0.2, 0.25) is 5.43 Å². The number of aromatic nitrogens is 3. The fraction of sp³-hybridized carbons (Fsp3) is 0.440. The minimum Gasteiger partial charge on any atom is -0.477 e. The number of nitrogens with zero attached hydrogens (tertiary/aromatic N) is 6. The Labute approximate surface area is 246 Å². The first-order valence-electron chi connectivity index (χ1n) is 12.8. The molecule has 2 atom stereocenters. The topological polar surface area (TPSA) is 162 Å². The van der Waals surface area contributed by atoms with Gasteiger partial charge in [-0.15, -0.1) is 11.6 Å². The summed E-state index contributed by atoms with van der Waals surface area (Å²) >= 11 is 7.19. The lowest BCUT2D eigenvalue weighted by Crippen LogP contribution is -2.47. The van der Waals surface area contributed by atoms with Crippen molar-refractivity contribution in [3.8, 4) is 0 Å². The van der Waals surface area contributed by atoms with E-state index in [9.17, 15) is 29.6 Å². The van der Waals surface area contributed by atoms with E-state index in [1.807, 2.05) is 16.7 Å². The number of aryl methyl sites for hydroxylation is 1. The van der Waals surface area contributed by atoms with Crippen LogP contribution in [0.3, 0.4) is 0 Å². The van der Waals surface area contributed by atoms with Crippen LogP contribution in [0.4, 0.5) is 20.7 Å². The van der Waals surface area contributed by atoms with Crippen molar-refractivity contribution in [3.05, 3.63) is 55.9 Å². The van der Waals surface area contributed by atoms with Gasteiger partial charge in [0.05, 0.1) is 27.5 Å². The number of hydrogen-bond acceptors (Lipinski definition) is 11. The molecule has 4 heterocycles. The maximum atomic E-state index is 15.2. The Morgan fingerprint density at radius 3 is 2.64 bits per heavy atom. The Kier molecular flexibility index (Phi) is 8.30. The number of halogens is 2. The highest BCUT2D eigenvalue weighted by Crippen LogP contribution is 2.46. The van der Waals surface area contributed by atoms with Crippen LogP contribution in [0.5, 0.6) is 0 Å². The normalized spacial score (nSPS) is 17.4. The van der Waals surface area contributed by atoms with Crippen molar-refractivity contribution in [3.63, 3.8) is 0 Å². The molecule has 0 aliphatic carbocycles. The summed E-state index contributed by atoms with van der Waals surface area (Å²) in [5, 5.41) is 21.0. The van der Waals surface area contributed by atoms with Crippen LogP contribution in [0.2, 0.25) is 0 Å². The molecule has 2 aromatic heterocycles. The standard InChI is InChI=1S/C25H26ClFN6O8S/c1-13-28-10-20(33(38)39)31(13)11-15(9-26)41-25(37)40-12-29-3-5-30(6-4-29)19-8-18-16(7-17(19)27)22(34)21(24(35)36)23-32(18)14(2)42-23/h7-8,10,14-15H,3-6,9,11-12H2,1-2H3,(H,35,36). The van der Waals surface area contributed by atoms with E-state index in [0.717, 1.165) is 12.3 Å². The zero-order valence-electron chi connectivity index (χ0n) is 22.5. The number of benzene rings is 1. The predicted molar refractivity (Wildman–Crippen MR) is 150 cm³/mol. The van der Waals surface area contributed by atoms with Gasteiger partial charge in [-0.2, -0.15) is 0 Å². The molecule has 1 aromatic carbocycles. The van der Waals surface area contributed by atoms with Gasteiger partial charge in [0, 0.05) is 38.5 Å². The predicted octanol–water partition coefficient (Wildman–Crippen LogP) is 3.42. The number of imidazole rings is 1. The van der Waals surface area contributed by atoms with Crippen molar-refractivity contribution in [1.29, 1.82) is 0 Å². The van der Waals surface area contributed by atoms with Crippen molar-refractivity contribution in [2.24, 2.45) is 0 Å². The second-order valence-electron chi connectivity index (χ2n) is 9.78. The Hall–Kier alpha value is -3.89. The number of nitro groups is 1. The number of rotatable bonds is 9. The lowest BCUT2D eigenvalue weighted by molar-refractivity contribution is -0.392. The number of thioether (sulfide) groups is 1. The van der Waals surface area contributed by atoms with Gasteiger partial charge in [0.25, 0.3) is 0 Å². The summed E-state index contributed by atoms with van der Waals surface area (Å²) in [6.07, 6.45) is -0.765. The molecule has 14 nitrogen and oxygen atoms in total. The number of ether oxygens (including phenoxy) is 2. The zero-order valence-corrected chi connectivity index (χ0v) is 24.1. The molecule has 0 amide bonds. The first-order valence-corrected chi connectivity index (χ1v) is 14.3. The summed E-state index contributed by atoms with van der Waals surface area (Å²) < 4.78 is 28.7. The van der Waals surface area contributed by atoms with E-state index in [1.165, 1.54) is 16.3 Å². The van der Waals surface area contributed by atoms with Gasteiger partial charge in [-0.25, -0.2) is 23.5 Å². The van der Waals surface area contributed by atoms with Crippen molar-refractivity contribution in [2.75, 3.05) is 43.7 Å². The lowest BCUT2D eigenvalue weighted by atomic mass is 10.1. The molecule has 42 heavy (non-hydrogen) atoms. The molecule has 5 rings (SSSR count). The summed E-state index contributed by atoms with van der Waals surface area (Å²) in [6.45, 7) is 4.92. The number of anilines is 1. The van der Waals surface area contributed by atoms with Gasteiger partial charge in [-0.1, -0.05) is 11.8 Å². The van der Waals surface area contributed by atoms with Gasteiger partial charge in [0.1, 0.15) is 30.9 Å². The Morgan fingerprint density at radius 2 is 2.02 bits per heavy atom. The van der Waals surface area contributed by atoms with E-state index in [4.69, 9.17) is 21.1 Å². The van der Waals surface area contributed by atoms with Crippen LogP contribution in [0.1, 0.15) is 28.5 Å². The highest BCUT2D eigenvalue weighted by molar-refractivity contribution is 8.00. The van der Waals surface area contributed by atoms with Crippen LogP contribution in [-0.4, -0.2) is 86.1 Å². The molecule has 0 radical (unpaired) electrons. The monoisotopic (exact) mass is 624 g/mol. The molecule has 0 spiro atoms. The third-order valence-corrected chi connectivity index (χ3v) is 8.73. The number of piperazine rings is 1. The van der Waals surface area contributed by atoms with Crippen LogP contribution in [-0.2, 0) is 16.0 Å². The van der Waals surface area contributed by atoms with E-state index >= 15 is 4.39 Å². The summed E-state index contributed by atoms with van der Waals surface area (Å²) in [5.74, 6) is -1.98. The smallest absolute Gasteiger partial charge is 0.477 e. The SMILES string of the molecule is Cc1ncc([N+](=O)[O-])n1CC(CCl)OC(=O)OCN1CCN(c2cc3c(cc2F)c(=O)c(C(=O)O)c2n3C(C)S2)CC1. The summed E-state index contributed by atoms with van der Waals surface area (Å²) in [6, 6.07) is 2.68. The summed E-state index contributed by atoms with van der Waals surface area (Å²) in [4.78, 5) is 55.0. The minimum absolute atomic E-state index is 0.0168. The average molecular weight is 625 g/mol. The maximum absolute atomic E-state index is 15.2. The first-order chi connectivity index (χ1) is 20.0. The van der Waals surface area contributed by atoms with E-state index in [1.54, 1.807) is 17.6 Å². The number of alkyl halides is 1. The van der Waals surface area contributed by atoms with E-state index in [-0.39, 0.29) is 47.0 Å². The molecule has 1 N–H and O–H groups in total. The number of fused-ring (bicyclic) bond motifs is 3. The largest absolute Gasteiger partial charge is 0.510 e. The summed E-state index contributed by atoms with van der Waals surface area (Å²) in [5.41, 5.74) is -0.295. The van der Waals surface area contributed by atoms with E-state index < -0.39 is 34.4 Å². The number of aromatic carboxylic acids is 1. The molecule has 2 unspecified atom stereocenters. The molecular weight excluding hydrogens is 599 g/mol. The van der Waals surface area contributed by atoms with Crippen LogP contribution in [0, 0.1) is 22.9 Å². The van der Waals surface area contributed by atoms with Gasteiger partial charge in [-0.05, 0) is 24.0 Å². The Morgan fingerprint density at radius 1 is 1.31 bits per heavy atom. The quantitative estimate of drug-likeness (QED) is 0.160. The van der Waals surface area contributed by atoms with Crippen molar-refractivity contribution < 1.29 is 33.5 Å². The molecular formula is C25H26ClFN6O8S. The molecule has 1 saturated heterocycles. The van der Waals surface area contributed by atoms with Crippen molar-refractivity contribution >= 4 is 57.9 Å². The van der Waals surface area contributed by atoms with Crippen LogP contribution in [0.15, 0.2) is 28.2 Å². The second-order valence-corrected chi connectivity index (χ2v) is 11.4.